The minimum Gasteiger partial charge on any atom is -0.468 e. The fourth-order valence-corrected chi connectivity index (χ4v) is 4.21. The molecule has 6 heteroatoms. The number of benzene rings is 2. The highest BCUT2D eigenvalue weighted by Crippen LogP contribution is 2.33. The Bertz CT molecular complexity index is 781. The van der Waals surface area contributed by atoms with Crippen LogP contribution in [0, 0.1) is 11.8 Å². The van der Waals surface area contributed by atoms with Gasteiger partial charge in [-0.15, -0.1) is 0 Å². The van der Waals surface area contributed by atoms with Crippen LogP contribution in [0.3, 0.4) is 0 Å². The zero-order chi connectivity index (χ0) is 22.9. The molecule has 0 saturated carbocycles. The van der Waals surface area contributed by atoms with Crippen molar-refractivity contribution in [2.75, 3.05) is 13.7 Å². The van der Waals surface area contributed by atoms with Crippen molar-refractivity contribution in [1.82, 2.24) is 0 Å². The van der Waals surface area contributed by atoms with Crippen LogP contribution in [0.5, 0.6) is 0 Å². The predicted octanol–water partition coefficient (Wildman–Crippen LogP) is 4.75. The van der Waals surface area contributed by atoms with Crippen LogP contribution < -0.4 is 0 Å². The summed E-state index contributed by atoms with van der Waals surface area (Å²) in [5.41, 5.74) is 2.14. The minimum absolute atomic E-state index is 0.0157. The molecule has 31 heavy (non-hydrogen) atoms. The number of ether oxygens (including phenoxy) is 3. The molecule has 2 aromatic carbocycles. The molecule has 1 N–H and O–H groups in total. The Morgan fingerprint density at radius 3 is 2.03 bits per heavy atom. The van der Waals surface area contributed by atoms with E-state index in [2.05, 4.69) is 15.9 Å². The normalized spacial score (nSPS) is 17.2. The van der Waals surface area contributed by atoms with Crippen LogP contribution in [-0.2, 0) is 32.2 Å². The quantitative estimate of drug-likeness (QED) is 0.342. The molecular weight excluding hydrogens is 460 g/mol. The van der Waals surface area contributed by atoms with Crippen molar-refractivity contribution in [3.63, 3.8) is 0 Å². The van der Waals surface area contributed by atoms with Crippen LogP contribution in [-0.4, -0.2) is 41.3 Å². The van der Waals surface area contributed by atoms with Gasteiger partial charge < -0.3 is 19.3 Å². The summed E-state index contributed by atoms with van der Waals surface area (Å²) < 4.78 is 15.8. The molecular formula is C25H33BrO5. The van der Waals surface area contributed by atoms with Gasteiger partial charge in [0.15, 0.2) is 0 Å². The third kappa shape index (κ3) is 7.42. The zero-order valence-corrected chi connectivity index (χ0v) is 20.2. The molecule has 5 nitrogen and oxygen atoms in total. The van der Waals surface area contributed by atoms with Gasteiger partial charge in [-0.2, -0.15) is 0 Å². The van der Waals surface area contributed by atoms with Crippen LogP contribution in [0.15, 0.2) is 60.7 Å². The highest BCUT2D eigenvalue weighted by molar-refractivity contribution is 9.10. The van der Waals surface area contributed by atoms with E-state index in [4.69, 9.17) is 14.2 Å². The summed E-state index contributed by atoms with van der Waals surface area (Å²) in [6.07, 6.45) is -1.36. The molecule has 0 aromatic heterocycles. The highest BCUT2D eigenvalue weighted by Gasteiger charge is 2.45. The van der Waals surface area contributed by atoms with E-state index in [0.717, 1.165) is 11.1 Å². The summed E-state index contributed by atoms with van der Waals surface area (Å²) in [7, 11) is 1.31. The van der Waals surface area contributed by atoms with Crippen molar-refractivity contribution in [3.05, 3.63) is 71.8 Å². The summed E-state index contributed by atoms with van der Waals surface area (Å²) in [4.78, 5) is 12.2. The first kappa shape index (κ1) is 25.5. The number of hydrogen-bond donors (Lipinski definition) is 1. The van der Waals surface area contributed by atoms with Crippen LogP contribution in [0.25, 0.3) is 0 Å². The summed E-state index contributed by atoms with van der Waals surface area (Å²) in [5.74, 6) is -0.901. The SMILES string of the molecule is COC(=O)[C@@](C)(Br)[C@@H](O)[C@H](C)[C@@H](OCc1ccccc1)[C@@H](C)COCc1ccccc1. The van der Waals surface area contributed by atoms with Gasteiger partial charge in [-0.25, -0.2) is 0 Å². The first-order valence-corrected chi connectivity index (χ1v) is 11.3. The van der Waals surface area contributed by atoms with E-state index >= 15 is 0 Å². The average Bonchev–Trinajstić information content (AvgIpc) is 2.79. The van der Waals surface area contributed by atoms with Gasteiger partial charge in [0.25, 0.3) is 0 Å². The van der Waals surface area contributed by atoms with Crippen molar-refractivity contribution < 1.29 is 24.1 Å². The molecule has 0 aliphatic rings. The van der Waals surface area contributed by atoms with E-state index in [1.54, 1.807) is 6.92 Å². The fourth-order valence-electron chi connectivity index (χ4n) is 3.63. The first-order chi connectivity index (χ1) is 14.8. The molecule has 0 unspecified atom stereocenters. The van der Waals surface area contributed by atoms with E-state index < -0.39 is 16.4 Å². The number of alkyl halides is 1. The van der Waals surface area contributed by atoms with Gasteiger partial charge in [0.05, 0.1) is 39.1 Å². The Kier molecular flexibility index (Phi) is 10.2. The number of rotatable bonds is 12. The Hall–Kier alpha value is -1.73. The van der Waals surface area contributed by atoms with Gasteiger partial charge in [0, 0.05) is 11.8 Å². The highest BCUT2D eigenvalue weighted by atomic mass is 79.9. The number of carbonyl (C=O) groups excluding carboxylic acids is 1. The number of aliphatic hydroxyl groups excluding tert-OH is 1. The lowest BCUT2D eigenvalue weighted by Gasteiger charge is -2.37. The number of hydrogen-bond acceptors (Lipinski definition) is 5. The molecule has 2 aromatic rings. The lowest BCUT2D eigenvalue weighted by molar-refractivity contribution is -0.149. The molecule has 0 aliphatic carbocycles. The molecule has 0 aliphatic heterocycles. The van der Waals surface area contributed by atoms with Gasteiger partial charge in [0.2, 0.25) is 0 Å². The maximum Gasteiger partial charge on any atom is 0.325 e. The minimum atomic E-state index is -1.24. The molecule has 5 atom stereocenters. The van der Waals surface area contributed by atoms with Crippen molar-refractivity contribution in [3.8, 4) is 0 Å². The van der Waals surface area contributed by atoms with Crippen molar-refractivity contribution in [2.24, 2.45) is 11.8 Å². The average molecular weight is 493 g/mol. The smallest absolute Gasteiger partial charge is 0.325 e. The van der Waals surface area contributed by atoms with Crippen LogP contribution >= 0.6 is 15.9 Å². The third-order valence-electron chi connectivity index (χ3n) is 5.49. The molecule has 0 heterocycles. The number of aliphatic hydroxyl groups is 1. The van der Waals surface area contributed by atoms with Gasteiger partial charge >= 0.3 is 5.97 Å². The number of esters is 1. The van der Waals surface area contributed by atoms with Gasteiger partial charge in [-0.3, -0.25) is 4.79 Å². The van der Waals surface area contributed by atoms with Crippen LogP contribution in [0.4, 0.5) is 0 Å². The second kappa shape index (κ2) is 12.3. The van der Waals surface area contributed by atoms with Crippen molar-refractivity contribution in [1.29, 1.82) is 0 Å². The van der Waals surface area contributed by atoms with E-state index in [-0.39, 0.29) is 17.9 Å². The van der Waals surface area contributed by atoms with Gasteiger partial charge in [-0.05, 0) is 18.1 Å². The Morgan fingerprint density at radius 2 is 1.52 bits per heavy atom. The van der Waals surface area contributed by atoms with Crippen LogP contribution in [0.1, 0.15) is 31.9 Å². The van der Waals surface area contributed by atoms with E-state index in [0.29, 0.717) is 19.8 Å². The summed E-state index contributed by atoms with van der Waals surface area (Å²) in [5, 5.41) is 11.0. The van der Waals surface area contributed by atoms with E-state index in [1.807, 2.05) is 74.5 Å². The third-order valence-corrected chi connectivity index (χ3v) is 6.29. The predicted molar refractivity (Wildman–Crippen MR) is 125 cm³/mol. The number of halogens is 1. The fraction of sp³-hybridized carbons (Fsp3) is 0.480. The van der Waals surface area contributed by atoms with E-state index in [1.165, 1.54) is 7.11 Å². The molecule has 0 amide bonds. The molecule has 0 spiro atoms. The van der Waals surface area contributed by atoms with Gasteiger partial charge in [-0.1, -0.05) is 90.4 Å². The van der Waals surface area contributed by atoms with Gasteiger partial charge in [0.1, 0.15) is 4.32 Å². The van der Waals surface area contributed by atoms with E-state index in [9.17, 15) is 9.90 Å². The number of carbonyl (C=O) groups is 1. The first-order valence-electron chi connectivity index (χ1n) is 10.5. The maximum atomic E-state index is 12.2. The lowest BCUT2D eigenvalue weighted by Crippen LogP contribution is -2.50. The molecule has 0 saturated heterocycles. The Labute approximate surface area is 193 Å². The van der Waals surface area contributed by atoms with Crippen molar-refractivity contribution >= 4 is 21.9 Å². The largest absolute Gasteiger partial charge is 0.468 e. The molecule has 170 valence electrons. The second-order valence-electron chi connectivity index (χ2n) is 8.11. The Morgan fingerprint density at radius 1 is 1.00 bits per heavy atom. The maximum absolute atomic E-state index is 12.2. The summed E-state index contributed by atoms with van der Waals surface area (Å²) in [6, 6.07) is 19.9. The zero-order valence-electron chi connectivity index (χ0n) is 18.7. The molecule has 2 rings (SSSR count). The number of methoxy groups -OCH3 is 1. The molecule has 0 bridgehead atoms. The Balaban J connectivity index is 2.09. The molecule has 0 fully saturated rings. The summed E-state index contributed by atoms with van der Waals surface area (Å²) >= 11 is 3.36. The van der Waals surface area contributed by atoms with Crippen molar-refractivity contribution in [2.45, 2.75) is 50.5 Å². The standard InChI is InChI=1S/C25H33BrO5/c1-18(15-30-16-20-11-7-5-8-12-20)22(31-17-21-13-9-6-10-14-21)19(2)23(27)25(3,26)24(28)29-4/h5-14,18-19,22-23,27H,15-17H2,1-4H3/t18-,19+,22-,23-,25-/m0/s1. The second-order valence-corrected chi connectivity index (χ2v) is 9.76. The molecule has 0 radical (unpaired) electrons. The lowest BCUT2D eigenvalue weighted by atomic mass is 9.84. The summed E-state index contributed by atoms with van der Waals surface area (Å²) in [6.45, 7) is 6.91. The monoisotopic (exact) mass is 492 g/mol. The van der Waals surface area contributed by atoms with Crippen LogP contribution in [0.2, 0.25) is 0 Å². The topological polar surface area (TPSA) is 65.0 Å².